The Labute approximate surface area is 175 Å². The van der Waals surface area contributed by atoms with Crippen LogP contribution in [0, 0.1) is 0 Å². The molecule has 0 bridgehead atoms. The maximum absolute atomic E-state index is 10.4. The Kier molecular flexibility index (Phi) is 5.50. The Hall–Kier alpha value is -3.64. The highest BCUT2D eigenvalue weighted by Crippen LogP contribution is 2.30. The summed E-state index contributed by atoms with van der Waals surface area (Å²) in [5.41, 5.74) is 12.1. The lowest BCUT2D eigenvalue weighted by Crippen LogP contribution is -2.17. The zero-order valence-electron chi connectivity index (χ0n) is 17.1. The van der Waals surface area contributed by atoms with Gasteiger partial charge in [-0.2, -0.15) is 0 Å². The van der Waals surface area contributed by atoms with E-state index in [1.54, 1.807) is 6.07 Å². The third-order valence-electron chi connectivity index (χ3n) is 5.05. The molecule has 2 aromatic carbocycles. The van der Waals surface area contributed by atoms with Crippen LogP contribution in [-0.4, -0.2) is 32.7 Å². The third-order valence-corrected chi connectivity index (χ3v) is 5.05. The van der Waals surface area contributed by atoms with Gasteiger partial charge < -0.3 is 15.8 Å². The quantitative estimate of drug-likeness (QED) is 0.326. The van der Waals surface area contributed by atoms with Gasteiger partial charge in [0.2, 0.25) is 0 Å². The van der Waals surface area contributed by atoms with Gasteiger partial charge in [0.05, 0.1) is 17.0 Å². The van der Waals surface area contributed by atoms with E-state index in [1.165, 1.54) is 11.1 Å². The number of aliphatic imine (C=N–C) groups is 1. The summed E-state index contributed by atoms with van der Waals surface area (Å²) in [5.74, 6) is 0.103. The van der Waals surface area contributed by atoms with Crippen LogP contribution in [0.15, 0.2) is 72.0 Å². The number of nitrogens with one attached hydrogen (secondary N) is 1. The smallest absolute Gasteiger partial charge is 0.198 e. The molecule has 0 spiro atoms. The van der Waals surface area contributed by atoms with E-state index in [0.29, 0.717) is 11.3 Å². The normalized spacial score (nSPS) is 12.0. The minimum Gasteiger partial charge on any atom is -0.494 e. The molecule has 0 aliphatic heterocycles. The molecule has 4 rings (SSSR count). The van der Waals surface area contributed by atoms with E-state index in [2.05, 4.69) is 34.0 Å². The van der Waals surface area contributed by atoms with Crippen molar-refractivity contribution >= 4 is 28.0 Å². The Morgan fingerprint density at radius 1 is 1.03 bits per heavy atom. The zero-order valence-corrected chi connectivity index (χ0v) is 17.1. The van der Waals surface area contributed by atoms with Gasteiger partial charge in [-0.3, -0.25) is 14.9 Å². The summed E-state index contributed by atoms with van der Waals surface area (Å²) < 4.78 is 0. The van der Waals surface area contributed by atoms with Crippen molar-refractivity contribution in [3.63, 3.8) is 0 Å². The van der Waals surface area contributed by atoms with E-state index in [-0.39, 0.29) is 5.88 Å². The van der Waals surface area contributed by atoms with Gasteiger partial charge in [-0.15, -0.1) is 0 Å². The number of hydrogen-bond donors (Lipinski definition) is 3. The first-order valence-corrected chi connectivity index (χ1v) is 9.82. The van der Waals surface area contributed by atoms with Gasteiger partial charge in [0.25, 0.3) is 0 Å². The molecule has 2 heterocycles. The van der Waals surface area contributed by atoms with Crippen molar-refractivity contribution in [2.45, 2.75) is 20.0 Å². The maximum Gasteiger partial charge on any atom is 0.198 e. The number of rotatable bonds is 6. The Morgan fingerprint density at radius 2 is 1.70 bits per heavy atom. The molecule has 0 aliphatic carbocycles. The summed E-state index contributed by atoms with van der Waals surface area (Å²) in [6.45, 7) is 3.60. The number of nitrogens with two attached hydrogens (primary N) is 1. The van der Waals surface area contributed by atoms with Crippen molar-refractivity contribution in [1.82, 2.24) is 14.9 Å². The van der Waals surface area contributed by atoms with Gasteiger partial charge >= 0.3 is 0 Å². The fourth-order valence-electron chi connectivity index (χ4n) is 3.65. The first-order chi connectivity index (χ1) is 14.5. The van der Waals surface area contributed by atoms with Crippen LogP contribution in [0.25, 0.3) is 10.9 Å². The number of pyridine rings is 1. The fraction of sp³-hybridized carbons (Fsp3) is 0.167. The van der Waals surface area contributed by atoms with E-state index < -0.39 is 0 Å². The largest absolute Gasteiger partial charge is 0.494 e. The molecule has 4 aromatic rings. The van der Waals surface area contributed by atoms with Crippen LogP contribution in [0.4, 0.5) is 11.4 Å². The molecule has 0 saturated carbocycles. The Morgan fingerprint density at radius 3 is 2.40 bits per heavy atom. The standard InChI is InChI=1S/C24H25N5O/c1-16(23-21-13-19(25)5-8-22(21)28-24(23)30)27-20-6-3-17(4-7-20)14-29(2)15-18-9-11-26-12-10-18/h3-13,28,30H,14-15,25H2,1-2H3. The lowest BCUT2D eigenvalue weighted by molar-refractivity contribution is 0.319. The molecular weight excluding hydrogens is 374 g/mol. The van der Waals surface area contributed by atoms with Crippen LogP contribution in [0.5, 0.6) is 5.88 Å². The zero-order chi connectivity index (χ0) is 21.1. The molecule has 6 heteroatoms. The SMILES string of the molecule is CC(=Nc1ccc(CN(C)Cc2ccncc2)cc1)c1c(O)[nH]c2ccc(N)cc12. The predicted octanol–water partition coefficient (Wildman–Crippen LogP) is 4.62. The highest BCUT2D eigenvalue weighted by atomic mass is 16.3. The highest BCUT2D eigenvalue weighted by Gasteiger charge is 2.14. The van der Waals surface area contributed by atoms with E-state index in [0.717, 1.165) is 35.4 Å². The van der Waals surface area contributed by atoms with Crippen LogP contribution < -0.4 is 5.73 Å². The van der Waals surface area contributed by atoms with Crippen molar-refractivity contribution in [1.29, 1.82) is 0 Å². The van der Waals surface area contributed by atoms with Gasteiger partial charge in [-0.05, 0) is 67.6 Å². The molecule has 0 saturated heterocycles. The molecule has 0 fully saturated rings. The first kappa shape index (κ1) is 19.7. The molecule has 152 valence electrons. The summed E-state index contributed by atoms with van der Waals surface area (Å²) in [6.07, 6.45) is 3.64. The number of fused-ring (bicyclic) bond motifs is 1. The topological polar surface area (TPSA) is 90.5 Å². The second-order valence-electron chi connectivity index (χ2n) is 7.55. The summed E-state index contributed by atoms with van der Waals surface area (Å²) in [5, 5.41) is 11.2. The second-order valence-corrected chi connectivity index (χ2v) is 7.55. The minimum absolute atomic E-state index is 0.103. The summed E-state index contributed by atoms with van der Waals surface area (Å²) in [7, 11) is 2.10. The van der Waals surface area contributed by atoms with Gasteiger partial charge in [0.15, 0.2) is 5.88 Å². The number of nitrogen functional groups attached to an aromatic ring is 1. The van der Waals surface area contributed by atoms with E-state index in [1.807, 2.05) is 55.7 Å². The molecule has 0 aliphatic rings. The number of benzene rings is 2. The van der Waals surface area contributed by atoms with Crippen molar-refractivity contribution < 1.29 is 5.11 Å². The number of aromatic nitrogens is 2. The van der Waals surface area contributed by atoms with Crippen LogP contribution in [0.1, 0.15) is 23.6 Å². The molecular formula is C24H25N5O. The molecule has 0 atom stereocenters. The molecule has 4 N–H and O–H groups in total. The Bertz CT molecular complexity index is 1180. The predicted molar refractivity (Wildman–Crippen MR) is 122 cm³/mol. The Balaban J connectivity index is 1.50. The second kappa shape index (κ2) is 8.39. The van der Waals surface area contributed by atoms with Crippen molar-refractivity contribution in [3.05, 3.63) is 83.7 Å². The monoisotopic (exact) mass is 399 g/mol. The van der Waals surface area contributed by atoms with Crippen molar-refractivity contribution in [2.75, 3.05) is 12.8 Å². The minimum atomic E-state index is 0.103. The molecule has 6 nitrogen and oxygen atoms in total. The number of aromatic hydroxyl groups is 1. The molecule has 2 aromatic heterocycles. The molecule has 0 radical (unpaired) electrons. The molecule has 0 unspecified atom stereocenters. The number of anilines is 1. The van der Waals surface area contributed by atoms with E-state index >= 15 is 0 Å². The van der Waals surface area contributed by atoms with Crippen LogP contribution >= 0.6 is 0 Å². The van der Waals surface area contributed by atoms with E-state index in [4.69, 9.17) is 10.7 Å². The third kappa shape index (κ3) is 4.34. The average molecular weight is 399 g/mol. The van der Waals surface area contributed by atoms with Gasteiger partial charge in [-0.1, -0.05) is 12.1 Å². The van der Waals surface area contributed by atoms with Crippen LogP contribution in [0.2, 0.25) is 0 Å². The number of aromatic amines is 1. The fourth-order valence-corrected chi connectivity index (χ4v) is 3.65. The molecule has 30 heavy (non-hydrogen) atoms. The number of H-pyrrole nitrogens is 1. The average Bonchev–Trinajstić information content (AvgIpc) is 3.05. The lowest BCUT2D eigenvalue weighted by atomic mass is 10.1. The number of nitrogens with zero attached hydrogens (tertiary/aromatic N) is 3. The van der Waals surface area contributed by atoms with Crippen LogP contribution in [-0.2, 0) is 13.1 Å². The van der Waals surface area contributed by atoms with Gasteiger partial charge in [-0.25, -0.2) is 0 Å². The first-order valence-electron chi connectivity index (χ1n) is 9.82. The van der Waals surface area contributed by atoms with E-state index in [9.17, 15) is 5.11 Å². The van der Waals surface area contributed by atoms with Crippen LogP contribution in [0.3, 0.4) is 0 Å². The maximum atomic E-state index is 10.4. The molecule has 0 amide bonds. The van der Waals surface area contributed by atoms with Gasteiger partial charge in [0.1, 0.15) is 0 Å². The van der Waals surface area contributed by atoms with Crippen molar-refractivity contribution in [2.24, 2.45) is 4.99 Å². The summed E-state index contributed by atoms with van der Waals surface area (Å²) >= 11 is 0. The summed E-state index contributed by atoms with van der Waals surface area (Å²) in [4.78, 5) is 14.0. The highest BCUT2D eigenvalue weighted by molar-refractivity contribution is 6.13. The summed E-state index contributed by atoms with van der Waals surface area (Å²) in [6, 6.07) is 17.7. The number of hydrogen-bond acceptors (Lipinski definition) is 5. The lowest BCUT2D eigenvalue weighted by Gasteiger charge is -2.16. The van der Waals surface area contributed by atoms with Crippen molar-refractivity contribution in [3.8, 4) is 5.88 Å². The van der Waals surface area contributed by atoms with Gasteiger partial charge in [0, 0.05) is 42.1 Å².